The van der Waals surface area contributed by atoms with E-state index in [1.807, 2.05) is 24.3 Å². The van der Waals surface area contributed by atoms with Gasteiger partial charge in [-0.2, -0.15) is 5.26 Å². The number of rotatable bonds is 11. The second kappa shape index (κ2) is 13.2. The molecule has 164 valence electrons. The van der Waals surface area contributed by atoms with Crippen molar-refractivity contribution in [3.05, 3.63) is 71.8 Å². The van der Waals surface area contributed by atoms with Gasteiger partial charge in [-0.25, -0.2) is 0 Å². The molecular weight excluding hydrogens is 374 g/mol. The third kappa shape index (κ3) is 8.02. The number of nitrogens with zero attached hydrogens (tertiary/aromatic N) is 1. The van der Waals surface area contributed by atoms with Crippen LogP contribution in [-0.2, 0) is 6.42 Å². The van der Waals surface area contributed by atoms with E-state index in [0.29, 0.717) is 5.56 Å². The maximum atomic E-state index is 8.93. The zero-order valence-electron chi connectivity index (χ0n) is 19.4. The molecule has 0 aliphatic heterocycles. The molecule has 0 aromatic heterocycles. The SMILES string of the molecule is CCCCCCCC1CCC(/C=C/CCc2ccc(-c3ccc(C#N)cc3)cc2)CC1. The van der Waals surface area contributed by atoms with Crippen molar-refractivity contribution < 1.29 is 0 Å². The van der Waals surface area contributed by atoms with Crippen molar-refractivity contribution in [1.29, 1.82) is 5.26 Å². The van der Waals surface area contributed by atoms with Crippen LogP contribution in [0.4, 0.5) is 0 Å². The Kier molecular flexibility index (Phi) is 9.91. The lowest BCUT2D eigenvalue weighted by Gasteiger charge is -2.26. The Labute approximate surface area is 190 Å². The average Bonchev–Trinajstić information content (AvgIpc) is 2.83. The van der Waals surface area contributed by atoms with Crippen LogP contribution in [0.5, 0.6) is 0 Å². The molecular formula is C30H39N. The lowest BCUT2D eigenvalue weighted by atomic mass is 9.79. The van der Waals surface area contributed by atoms with Crippen molar-refractivity contribution in [3.8, 4) is 17.2 Å². The molecule has 0 radical (unpaired) electrons. The van der Waals surface area contributed by atoms with Gasteiger partial charge in [0.1, 0.15) is 0 Å². The molecule has 31 heavy (non-hydrogen) atoms. The molecule has 0 atom stereocenters. The van der Waals surface area contributed by atoms with Crippen LogP contribution in [-0.4, -0.2) is 0 Å². The van der Waals surface area contributed by atoms with Gasteiger partial charge < -0.3 is 0 Å². The molecule has 0 amide bonds. The Hall–Kier alpha value is -2.33. The zero-order chi connectivity index (χ0) is 21.7. The van der Waals surface area contributed by atoms with Crippen molar-refractivity contribution in [2.45, 2.75) is 84.0 Å². The highest BCUT2D eigenvalue weighted by Gasteiger charge is 2.18. The van der Waals surface area contributed by atoms with Crippen LogP contribution >= 0.6 is 0 Å². The van der Waals surface area contributed by atoms with E-state index in [4.69, 9.17) is 5.26 Å². The van der Waals surface area contributed by atoms with Gasteiger partial charge in [-0.3, -0.25) is 0 Å². The Morgan fingerprint density at radius 2 is 1.48 bits per heavy atom. The fourth-order valence-electron chi connectivity index (χ4n) is 4.85. The van der Waals surface area contributed by atoms with Crippen molar-refractivity contribution in [1.82, 2.24) is 0 Å². The molecule has 0 spiro atoms. The molecule has 3 rings (SSSR count). The van der Waals surface area contributed by atoms with Crippen LogP contribution in [0.15, 0.2) is 60.7 Å². The lowest BCUT2D eigenvalue weighted by Crippen LogP contribution is -2.13. The van der Waals surface area contributed by atoms with Gasteiger partial charge in [0.2, 0.25) is 0 Å². The summed E-state index contributed by atoms with van der Waals surface area (Å²) >= 11 is 0. The normalized spacial score (nSPS) is 18.8. The highest BCUT2D eigenvalue weighted by Crippen LogP contribution is 2.33. The van der Waals surface area contributed by atoms with Gasteiger partial charge in [-0.15, -0.1) is 0 Å². The lowest BCUT2D eigenvalue weighted by molar-refractivity contribution is 0.288. The molecule has 0 bridgehead atoms. The van der Waals surface area contributed by atoms with Crippen LogP contribution in [0.25, 0.3) is 11.1 Å². The van der Waals surface area contributed by atoms with E-state index < -0.39 is 0 Å². The number of hydrogen-bond acceptors (Lipinski definition) is 1. The zero-order valence-corrected chi connectivity index (χ0v) is 19.4. The Bertz CT molecular complexity index is 814. The summed E-state index contributed by atoms with van der Waals surface area (Å²) in [7, 11) is 0. The molecule has 0 saturated heterocycles. The Balaban J connectivity index is 1.33. The Morgan fingerprint density at radius 1 is 0.839 bits per heavy atom. The molecule has 0 unspecified atom stereocenters. The summed E-state index contributed by atoms with van der Waals surface area (Å²) in [6.07, 6.45) is 21.4. The number of nitriles is 1. The Morgan fingerprint density at radius 3 is 2.13 bits per heavy atom. The molecule has 0 N–H and O–H groups in total. The maximum absolute atomic E-state index is 8.93. The molecule has 1 aliphatic rings. The summed E-state index contributed by atoms with van der Waals surface area (Å²) in [5.74, 6) is 1.82. The second-order valence-electron chi connectivity index (χ2n) is 9.34. The molecule has 1 aliphatic carbocycles. The number of benzene rings is 2. The first-order valence-corrected chi connectivity index (χ1v) is 12.5. The highest BCUT2D eigenvalue weighted by molar-refractivity contribution is 5.64. The van der Waals surface area contributed by atoms with Gasteiger partial charge in [0.25, 0.3) is 0 Å². The van der Waals surface area contributed by atoms with Crippen LogP contribution in [0, 0.1) is 23.2 Å². The third-order valence-electron chi connectivity index (χ3n) is 6.92. The van der Waals surface area contributed by atoms with Gasteiger partial charge in [0.15, 0.2) is 0 Å². The number of hydrogen-bond donors (Lipinski definition) is 0. The third-order valence-corrected chi connectivity index (χ3v) is 6.92. The predicted molar refractivity (Wildman–Crippen MR) is 133 cm³/mol. The standard InChI is InChI=1S/C30H39N/c1-2-3-4-5-6-9-25-12-14-26(15-13-25)10-7-8-11-27-16-20-29(21-17-27)30-22-18-28(24-31)19-23-30/h7,10,16-23,25-26H,2-6,8-9,11-15H2,1H3/b10-7+. The molecule has 2 aromatic rings. The van der Waals surface area contributed by atoms with Crippen molar-refractivity contribution in [3.63, 3.8) is 0 Å². The minimum absolute atomic E-state index is 0.711. The van der Waals surface area contributed by atoms with Gasteiger partial charge in [0, 0.05) is 0 Å². The first-order valence-electron chi connectivity index (χ1n) is 12.5. The van der Waals surface area contributed by atoms with Gasteiger partial charge in [-0.1, -0.05) is 94.0 Å². The van der Waals surface area contributed by atoms with E-state index in [9.17, 15) is 0 Å². The van der Waals surface area contributed by atoms with Crippen LogP contribution in [0.1, 0.15) is 88.7 Å². The molecule has 1 fully saturated rings. The fraction of sp³-hybridized carbons (Fsp3) is 0.500. The molecule has 2 aromatic carbocycles. The first kappa shape index (κ1) is 23.3. The summed E-state index contributed by atoms with van der Waals surface area (Å²) in [6, 6.07) is 18.9. The molecule has 1 saturated carbocycles. The van der Waals surface area contributed by atoms with Crippen LogP contribution in [0.3, 0.4) is 0 Å². The fourth-order valence-corrected chi connectivity index (χ4v) is 4.85. The quantitative estimate of drug-likeness (QED) is 0.266. The predicted octanol–water partition coefficient (Wildman–Crippen LogP) is 8.88. The summed E-state index contributed by atoms with van der Waals surface area (Å²) in [5, 5.41) is 8.93. The molecule has 1 heteroatoms. The summed E-state index contributed by atoms with van der Waals surface area (Å²) in [5.41, 5.74) is 4.49. The average molecular weight is 414 g/mol. The van der Waals surface area contributed by atoms with Gasteiger partial charge in [-0.05, 0) is 79.2 Å². The van der Waals surface area contributed by atoms with E-state index >= 15 is 0 Å². The van der Waals surface area contributed by atoms with Gasteiger partial charge in [0.05, 0.1) is 11.6 Å². The van der Waals surface area contributed by atoms with E-state index in [2.05, 4.69) is 49.4 Å². The van der Waals surface area contributed by atoms with Crippen LogP contribution < -0.4 is 0 Å². The first-order chi connectivity index (χ1) is 15.3. The number of allylic oxidation sites excluding steroid dienone is 2. The highest BCUT2D eigenvalue weighted by atomic mass is 14.2. The topological polar surface area (TPSA) is 23.8 Å². The second-order valence-corrected chi connectivity index (χ2v) is 9.34. The van der Waals surface area contributed by atoms with E-state index in [0.717, 1.165) is 24.7 Å². The summed E-state index contributed by atoms with van der Waals surface area (Å²) < 4.78 is 0. The summed E-state index contributed by atoms with van der Waals surface area (Å²) in [6.45, 7) is 2.30. The minimum atomic E-state index is 0.711. The maximum Gasteiger partial charge on any atom is 0.0991 e. The number of unbranched alkanes of at least 4 members (excludes halogenated alkanes) is 4. The van der Waals surface area contributed by atoms with E-state index in [-0.39, 0.29) is 0 Å². The van der Waals surface area contributed by atoms with Crippen molar-refractivity contribution in [2.24, 2.45) is 11.8 Å². The van der Waals surface area contributed by atoms with Crippen molar-refractivity contribution >= 4 is 0 Å². The monoisotopic (exact) mass is 413 g/mol. The number of aryl methyl sites for hydroxylation is 1. The summed E-state index contributed by atoms with van der Waals surface area (Å²) in [4.78, 5) is 0. The van der Waals surface area contributed by atoms with E-state index in [1.54, 1.807) is 0 Å². The minimum Gasteiger partial charge on any atom is -0.192 e. The van der Waals surface area contributed by atoms with Crippen molar-refractivity contribution in [2.75, 3.05) is 0 Å². The smallest absolute Gasteiger partial charge is 0.0991 e. The van der Waals surface area contributed by atoms with E-state index in [1.165, 1.54) is 80.9 Å². The van der Waals surface area contributed by atoms with Crippen LogP contribution in [0.2, 0.25) is 0 Å². The molecule has 0 heterocycles. The molecule has 1 nitrogen and oxygen atoms in total. The largest absolute Gasteiger partial charge is 0.192 e. The van der Waals surface area contributed by atoms with Gasteiger partial charge >= 0.3 is 0 Å².